The molecule has 0 heterocycles. The molecule has 0 fully saturated rings. The molecule has 0 radical (unpaired) electrons. The Labute approximate surface area is 153 Å². The molecule has 0 aliphatic heterocycles. The predicted molar refractivity (Wildman–Crippen MR) is 99.2 cm³/mol. The molecular formula is C18H22FN3O3S. The second-order valence-corrected chi connectivity index (χ2v) is 8.32. The van der Waals surface area contributed by atoms with Gasteiger partial charge in [0, 0.05) is 40.4 Å². The molecule has 1 amide bonds. The van der Waals surface area contributed by atoms with Crippen molar-refractivity contribution in [3.63, 3.8) is 0 Å². The van der Waals surface area contributed by atoms with Crippen LogP contribution in [0, 0.1) is 5.82 Å². The fraction of sp³-hybridized carbons (Fsp3) is 0.278. The van der Waals surface area contributed by atoms with Crippen LogP contribution in [-0.2, 0) is 16.6 Å². The van der Waals surface area contributed by atoms with Gasteiger partial charge < -0.3 is 10.2 Å². The minimum Gasteiger partial charge on any atom is -0.378 e. The summed E-state index contributed by atoms with van der Waals surface area (Å²) in [4.78, 5) is 14.1. The highest BCUT2D eigenvalue weighted by molar-refractivity contribution is 7.89. The number of nitrogens with zero attached hydrogens (tertiary/aromatic N) is 2. The molecule has 2 aromatic rings. The van der Waals surface area contributed by atoms with E-state index in [-0.39, 0.29) is 17.0 Å². The first-order valence-corrected chi connectivity index (χ1v) is 9.33. The van der Waals surface area contributed by atoms with Crippen molar-refractivity contribution in [3.05, 3.63) is 59.4 Å². The fourth-order valence-corrected chi connectivity index (χ4v) is 3.17. The van der Waals surface area contributed by atoms with Gasteiger partial charge in [0.25, 0.3) is 5.91 Å². The predicted octanol–water partition coefficient (Wildman–Crippen LogP) is 2.07. The van der Waals surface area contributed by atoms with Gasteiger partial charge in [-0.1, -0.05) is 12.1 Å². The van der Waals surface area contributed by atoms with Gasteiger partial charge in [0.15, 0.2) is 0 Å². The van der Waals surface area contributed by atoms with E-state index in [4.69, 9.17) is 0 Å². The summed E-state index contributed by atoms with van der Waals surface area (Å²) >= 11 is 0. The maximum absolute atomic E-state index is 14.0. The Kier molecular flexibility index (Phi) is 5.99. The van der Waals surface area contributed by atoms with Crippen molar-refractivity contribution in [3.8, 4) is 0 Å². The molecule has 0 bridgehead atoms. The smallest absolute Gasteiger partial charge is 0.254 e. The normalized spacial score (nSPS) is 11.5. The first-order valence-electron chi connectivity index (χ1n) is 7.89. The summed E-state index contributed by atoms with van der Waals surface area (Å²) in [6, 6.07) is 10.7. The van der Waals surface area contributed by atoms with E-state index in [9.17, 15) is 17.6 Å². The van der Waals surface area contributed by atoms with Crippen LogP contribution in [0.3, 0.4) is 0 Å². The number of carbonyl (C=O) groups is 1. The fourth-order valence-electron chi connectivity index (χ4n) is 2.24. The van der Waals surface area contributed by atoms with Crippen molar-refractivity contribution in [2.24, 2.45) is 0 Å². The summed E-state index contributed by atoms with van der Waals surface area (Å²) in [5, 5.41) is 2.61. The highest BCUT2D eigenvalue weighted by Gasteiger charge is 2.21. The Bertz CT molecular complexity index is 894. The molecule has 0 saturated carbocycles. The Hall–Kier alpha value is -2.45. The van der Waals surface area contributed by atoms with E-state index in [1.807, 2.05) is 43.3 Å². The summed E-state index contributed by atoms with van der Waals surface area (Å²) in [5.41, 5.74) is 1.56. The Balaban J connectivity index is 2.16. The molecule has 0 spiro atoms. The molecule has 6 nitrogen and oxygen atoms in total. The summed E-state index contributed by atoms with van der Waals surface area (Å²) in [6.45, 7) is 0.205. The van der Waals surface area contributed by atoms with E-state index in [1.165, 1.54) is 14.1 Å². The lowest BCUT2D eigenvalue weighted by Gasteiger charge is -2.14. The number of anilines is 1. The minimum absolute atomic E-state index is 0.135. The molecular weight excluding hydrogens is 357 g/mol. The topological polar surface area (TPSA) is 69.7 Å². The van der Waals surface area contributed by atoms with Crippen molar-refractivity contribution < 1.29 is 17.6 Å². The number of sulfonamides is 1. The van der Waals surface area contributed by atoms with Crippen LogP contribution in [0.5, 0.6) is 0 Å². The van der Waals surface area contributed by atoms with Crippen LogP contribution in [0.25, 0.3) is 0 Å². The van der Waals surface area contributed by atoms with Crippen molar-refractivity contribution in [1.29, 1.82) is 0 Å². The number of amides is 1. The molecule has 0 aliphatic carbocycles. The summed E-state index contributed by atoms with van der Waals surface area (Å²) < 4.78 is 39.3. The van der Waals surface area contributed by atoms with E-state index >= 15 is 0 Å². The number of benzene rings is 2. The maximum atomic E-state index is 14.0. The quantitative estimate of drug-likeness (QED) is 0.834. The molecule has 0 aromatic heterocycles. The zero-order valence-electron chi connectivity index (χ0n) is 15.2. The van der Waals surface area contributed by atoms with Crippen molar-refractivity contribution >= 4 is 21.6 Å². The molecule has 2 rings (SSSR count). The van der Waals surface area contributed by atoms with E-state index in [0.29, 0.717) is 0 Å². The standard InChI is InChI=1S/C18H22FN3O3S/c1-21(2)14-7-5-13(6-8-14)12-20-18(23)16-11-15(9-10-17(16)19)26(24,25)22(3)4/h5-11H,12H2,1-4H3,(H,20,23). The maximum Gasteiger partial charge on any atom is 0.254 e. The highest BCUT2D eigenvalue weighted by atomic mass is 32.2. The molecule has 0 aliphatic rings. The average Bonchev–Trinajstić information content (AvgIpc) is 2.60. The highest BCUT2D eigenvalue weighted by Crippen LogP contribution is 2.18. The van der Waals surface area contributed by atoms with Crippen LogP contribution in [0.1, 0.15) is 15.9 Å². The molecule has 2 aromatic carbocycles. The minimum atomic E-state index is -3.75. The van der Waals surface area contributed by atoms with Crippen LogP contribution in [0.15, 0.2) is 47.4 Å². The van der Waals surface area contributed by atoms with Crippen LogP contribution >= 0.6 is 0 Å². The monoisotopic (exact) mass is 379 g/mol. The zero-order valence-corrected chi connectivity index (χ0v) is 16.0. The van der Waals surface area contributed by atoms with Crippen LogP contribution in [-0.4, -0.2) is 46.8 Å². The third kappa shape index (κ3) is 4.39. The summed E-state index contributed by atoms with van der Waals surface area (Å²) in [7, 11) is 2.84. The molecule has 140 valence electrons. The van der Waals surface area contributed by atoms with E-state index in [2.05, 4.69) is 5.32 Å². The lowest BCUT2D eigenvalue weighted by Crippen LogP contribution is -2.26. The third-order valence-corrected chi connectivity index (χ3v) is 5.68. The van der Waals surface area contributed by atoms with E-state index < -0.39 is 21.7 Å². The van der Waals surface area contributed by atoms with Crippen molar-refractivity contribution in [2.45, 2.75) is 11.4 Å². The van der Waals surface area contributed by atoms with E-state index in [0.717, 1.165) is 33.8 Å². The molecule has 0 saturated heterocycles. The van der Waals surface area contributed by atoms with Crippen LogP contribution < -0.4 is 10.2 Å². The first kappa shape index (κ1) is 19.9. The van der Waals surface area contributed by atoms with Crippen molar-refractivity contribution in [2.75, 3.05) is 33.1 Å². The van der Waals surface area contributed by atoms with Gasteiger partial charge in [-0.15, -0.1) is 0 Å². The van der Waals surface area contributed by atoms with Crippen LogP contribution in [0.4, 0.5) is 10.1 Å². The number of carbonyl (C=O) groups excluding carboxylic acids is 1. The Morgan fingerprint density at radius 1 is 1.04 bits per heavy atom. The second kappa shape index (κ2) is 7.84. The number of nitrogens with one attached hydrogen (secondary N) is 1. The molecule has 8 heteroatoms. The second-order valence-electron chi connectivity index (χ2n) is 6.17. The Morgan fingerprint density at radius 2 is 1.65 bits per heavy atom. The van der Waals surface area contributed by atoms with Crippen LogP contribution in [0.2, 0.25) is 0 Å². The number of hydrogen-bond acceptors (Lipinski definition) is 4. The molecule has 26 heavy (non-hydrogen) atoms. The van der Waals surface area contributed by atoms with Gasteiger partial charge in [-0.2, -0.15) is 0 Å². The number of rotatable bonds is 6. The molecule has 0 atom stereocenters. The van der Waals surface area contributed by atoms with Crippen molar-refractivity contribution in [1.82, 2.24) is 9.62 Å². The summed E-state index contributed by atoms with van der Waals surface area (Å²) in [6.07, 6.45) is 0. The SMILES string of the molecule is CN(C)c1ccc(CNC(=O)c2cc(S(=O)(=O)N(C)C)ccc2F)cc1. The zero-order chi connectivity index (χ0) is 19.5. The van der Waals surface area contributed by atoms with Gasteiger partial charge in [-0.3, -0.25) is 4.79 Å². The molecule has 0 unspecified atom stereocenters. The Morgan fingerprint density at radius 3 is 2.19 bits per heavy atom. The number of halogens is 1. The van der Waals surface area contributed by atoms with Gasteiger partial charge in [-0.25, -0.2) is 17.1 Å². The van der Waals surface area contributed by atoms with Gasteiger partial charge in [0.05, 0.1) is 10.5 Å². The molecule has 1 N–H and O–H groups in total. The first-order chi connectivity index (χ1) is 12.1. The van der Waals surface area contributed by atoms with Gasteiger partial charge in [-0.05, 0) is 35.9 Å². The third-order valence-electron chi connectivity index (χ3n) is 3.87. The lowest BCUT2D eigenvalue weighted by atomic mass is 10.1. The average molecular weight is 379 g/mol. The summed E-state index contributed by atoms with van der Waals surface area (Å²) in [5.74, 6) is -1.45. The van der Waals surface area contributed by atoms with Gasteiger partial charge >= 0.3 is 0 Å². The van der Waals surface area contributed by atoms with E-state index in [1.54, 1.807) is 0 Å². The number of hydrogen-bond donors (Lipinski definition) is 1. The largest absolute Gasteiger partial charge is 0.378 e. The lowest BCUT2D eigenvalue weighted by molar-refractivity contribution is 0.0946. The van der Waals surface area contributed by atoms with Gasteiger partial charge in [0.1, 0.15) is 5.82 Å². The van der Waals surface area contributed by atoms with Gasteiger partial charge in [0.2, 0.25) is 10.0 Å².